The second kappa shape index (κ2) is 7.19. The van der Waals surface area contributed by atoms with Crippen molar-refractivity contribution in [2.75, 3.05) is 0 Å². The fourth-order valence-electron chi connectivity index (χ4n) is 2.36. The van der Waals surface area contributed by atoms with Crippen molar-refractivity contribution in [3.63, 3.8) is 0 Å². The number of carbonyl (C=O) groups is 1. The molecule has 0 aliphatic carbocycles. The summed E-state index contributed by atoms with van der Waals surface area (Å²) < 4.78 is 0. The van der Waals surface area contributed by atoms with E-state index in [1.54, 1.807) is 11.3 Å². The van der Waals surface area contributed by atoms with Crippen LogP contribution in [0.4, 0.5) is 0 Å². The zero-order chi connectivity index (χ0) is 16.1. The fourth-order valence-corrected chi connectivity index (χ4v) is 3.06. The highest BCUT2D eigenvalue weighted by Gasteiger charge is 2.20. The first-order chi connectivity index (χ1) is 11.2. The summed E-state index contributed by atoms with van der Waals surface area (Å²) in [6, 6.07) is 11.5. The van der Waals surface area contributed by atoms with Gasteiger partial charge in [0.05, 0.1) is 0 Å². The normalized spacial score (nSPS) is 12.0. The Morgan fingerprint density at radius 1 is 1.30 bits per heavy atom. The monoisotopic (exact) mass is 326 g/mol. The summed E-state index contributed by atoms with van der Waals surface area (Å²) in [5.74, 6) is 1.30. The van der Waals surface area contributed by atoms with Crippen LogP contribution < -0.4 is 5.32 Å². The molecule has 2 heterocycles. The van der Waals surface area contributed by atoms with Crippen molar-refractivity contribution >= 4 is 17.2 Å². The average molecular weight is 326 g/mol. The third-order valence-corrected chi connectivity index (χ3v) is 4.26. The lowest BCUT2D eigenvalue weighted by Crippen LogP contribution is -2.30. The molecule has 118 valence electrons. The Hall–Kier alpha value is -2.47. The summed E-state index contributed by atoms with van der Waals surface area (Å²) >= 11 is 1.65. The van der Waals surface area contributed by atoms with Gasteiger partial charge in [0.1, 0.15) is 11.9 Å². The molecule has 0 fully saturated rings. The molecule has 1 atom stereocenters. The number of aromatic amines is 1. The Labute approximate surface area is 138 Å². The largest absolute Gasteiger partial charge is 0.342 e. The van der Waals surface area contributed by atoms with Crippen LogP contribution in [-0.4, -0.2) is 21.1 Å². The van der Waals surface area contributed by atoms with Gasteiger partial charge in [-0.15, -0.1) is 0 Å². The molecule has 23 heavy (non-hydrogen) atoms. The zero-order valence-electron chi connectivity index (χ0n) is 12.8. The van der Waals surface area contributed by atoms with E-state index in [4.69, 9.17) is 0 Å². The molecule has 1 amide bonds. The lowest BCUT2D eigenvalue weighted by molar-refractivity contribution is -0.121. The number of hydrogen-bond acceptors (Lipinski definition) is 4. The molecule has 0 saturated heterocycles. The second-order valence-electron chi connectivity index (χ2n) is 5.32. The number of aromatic nitrogens is 3. The molecule has 3 aromatic rings. The van der Waals surface area contributed by atoms with Crippen molar-refractivity contribution in [2.45, 2.75) is 25.8 Å². The summed E-state index contributed by atoms with van der Waals surface area (Å²) in [6.45, 7) is 1.84. The highest BCUT2D eigenvalue weighted by Crippen LogP contribution is 2.19. The van der Waals surface area contributed by atoms with Gasteiger partial charge in [-0.3, -0.25) is 9.89 Å². The van der Waals surface area contributed by atoms with Crippen LogP contribution in [-0.2, 0) is 11.2 Å². The number of nitrogens with one attached hydrogen (secondary N) is 2. The average Bonchev–Trinajstić information content (AvgIpc) is 3.23. The molecular weight excluding hydrogens is 308 g/mol. The second-order valence-corrected chi connectivity index (χ2v) is 6.10. The Morgan fingerprint density at radius 2 is 2.13 bits per heavy atom. The lowest BCUT2D eigenvalue weighted by Gasteiger charge is -2.16. The van der Waals surface area contributed by atoms with E-state index >= 15 is 0 Å². The molecule has 0 aliphatic rings. The molecule has 5 nitrogen and oxygen atoms in total. The SMILES string of the molecule is Cc1nc(C(NC(=O)CCc2ccsc2)c2ccccc2)n[nH]1. The van der Waals surface area contributed by atoms with Gasteiger partial charge in [-0.05, 0) is 41.3 Å². The van der Waals surface area contributed by atoms with Crippen LogP contribution in [0.3, 0.4) is 0 Å². The molecular formula is C17H18N4OS. The Morgan fingerprint density at radius 3 is 2.78 bits per heavy atom. The molecule has 2 N–H and O–H groups in total. The molecule has 0 radical (unpaired) electrons. The molecule has 1 aromatic carbocycles. The standard InChI is InChI=1S/C17H18N4OS/c1-12-18-17(21-20-12)16(14-5-3-2-4-6-14)19-15(22)8-7-13-9-10-23-11-13/h2-6,9-11,16H,7-8H2,1H3,(H,19,22)(H,18,20,21). The number of thiophene rings is 1. The van der Waals surface area contributed by atoms with Crippen molar-refractivity contribution in [1.82, 2.24) is 20.5 Å². The molecule has 6 heteroatoms. The molecule has 0 aliphatic heterocycles. The van der Waals surface area contributed by atoms with E-state index in [9.17, 15) is 4.79 Å². The van der Waals surface area contributed by atoms with Crippen molar-refractivity contribution < 1.29 is 4.79 Å². The third kappa shape index (κ3) is 4.04. The number of aryl methyl sites for hydroxylation is 2. The van der Waals surface area contributed by atoms with Gasteiger partial charge in [0.15, 0.2) is 5.82 Å². The van der Waals surface area contributed by atoms with Gasteiger partial charge < -0.3 is 5.32 Å². The molecule has 3 rings (SSSR count). The van der Waals surface area contributed by atoms with E-state index in [2.05, 4.69) is 25.9 Å². The summed E-state index contributed by atoms with van der Waals surface area (Å²) in [5, 5.41) is 14.2. The van der Waals surface area contributed by atoms with Crippen molar-refractivity contribution in [2.24, 2.45) is 0 Å². The molecule has 2 aromatic heterocycles. The predicted molar refractivity (Wildman–Crippen MR) is 90.2 cm³/mol. The molecule has 0 bridgehead atoms. The summed E-state index contributed by atoms with van der Waals surface area (Å²) in [5.41, 5.74) is 2.16. The van der Waals surface area contributed by atoms with Gasteiger partial charge in [0.25, 0.3) is 0 Å². The maximum absolute atomic E-state index is 12.3. The minimum atomic E-state index is -0.337. The third-order valence-electron chi connectivity index (χ3n) is 3.53. The van der Waals surface area contributed by atoms with Crippen molar-refractivity contribution in [3.05, 3.63) is 69.9 Å². The maximum Gasteiger partial charge on any atom is 0.221 e. The van der Waals surface area contributed by atoms with E-state index in [0.29, 0.717) is 12.2 Å². The van der Waals surface area contributed by atoms with E-state index in [1.807, 2.05) is 48.7 Å². The topological polar surface area (TPSA) is 70.7 Å². The number of benzene rings is 1. The summed E-state index contributed by atoms with van der Waals surface area (Å²) in [4.78, 5) is 16.7. The van der Waals surface area contributed by atoms with Crippen LogP contribution in [0.1, 0.15) is 35.2 Å². The van der Waals surface area contributed by atoms with Crippen LogP contribution in [0, 0.1) is 6.92 Å². The van der Waals surface area contributed by atoms with Crippen molar-refractivity contribution in [3.8, 4) is 0 Å². The van der Waals surface area contributed by atoms with Crippen LogP contribution in [0.2, 0.25) is 0 Å². The first kappa shape index (κ1) is 15.4. The minimum Gasteiger partial charge on any atom is -0.342 e. The number of hydrogen-bond donors (Lipinski definition) is 2. The Kier molecular flexibility index (Phi) is 4.83. The Balaban J connectivity index is 1.72. The number of carbonyl (C=O) groups excluding carboxylic acids is 1. The van der Waals surface area contributed by atoms with E-state index in [0.717, 1.165) is 17.8 Å². The van der Waals surface area contributed by atoms with Gasteiger partial charge in [-0.1, -0.05) is 30.3 Å². The van der Waals surface area contributed by atoms with Gasteiger partial charge >= 0.3 is 0 Å². The molecule has 0 saturated carbocycles. The molecule has 0 spiro atoms. The smallest absolute Gasteiger partial charge is 0.221 e. The first-order valence-electron chi connectivity index (χ1n) is 7.46. The van der Waals surface area contributed by atoms with Gasteiger partial charge in [-0.25, -0.2) is 4.98 Å². The van der Waals surface area contributed by atoms with Gasteiger partial charge in [0, 0.05) is 6.42 Å². The quantitative estimate of drug-likeness (QED) is 0.731. The number of amides is 1. The fraction of sp³-hybridized carbons (Fsp3) is 0.235. The first-order valence-corrected chi connectivity index (χ1v) is 8.41. The predicted octanol–water partition coefficient (Wildman–Crippen LogP) is 3.01. The number of nitrogens with zero attached hydrogens (tertiary/aromatic N) is 2. The maximum atomic E-state index is 12.3. The van der Waals surface area contributed by atoms with Crippen LogP contribution in [0.25, 0.3) is 0 Å². The Bertz CT molecular complexity index is 752. The van der Waals surface area contributed by atoms with E-state index in [-0.39, 0.29) is 11.9 Å². The molecule has 1 unspecified atom stereocenters. The minimum absolute atomic E-state index is 0.00694. The number of H-pyrrole nitrogens is 1. The van der Waals surface area contributed by atoms with E-state index in [1.165, 1.54) is 5.56 Å². The summed E-state index contributed by atoms with van der Waals surface area (Å²) in [6.07, 6.45) is 1.19. The highest BCUT2D eigenvalue weighted by molar-refractivity contribution is 7.07. The summed E-state index contributed by atoms with van der Waals surface area (Å²) in [7, 11) is 0. The van der Waals surface area contributed by atoms with Crippen LogP contribution in [0.5, 0.6) is 0 Å². The number of rotatable bonds is 6. The van der Waals surface area contributed by atoms with Crippen LogP contribution in [0.15, 0.2) is 47.2 Å². The van der Waals surface area contributed by atoms with Gasteiger partial charge in [0.2, 0.25) is 5.91 Å². The zero-order valence-corrected chi connectivity index (χ0v) is 13.6. The van der Waals surface area contributed by atoms with E-state index < -0.39 is 0 Å². The highest BCUT2D eigenvalue weighted by atomic mass is 32.1. The van der Waals surface area contributed by atoms with Crippen LogP contribution >= 0.6 is 11.3 Å². The lowest BCUT2D eigenvalue weighted by atomic mass is 10.1. The van der Waals surface area contributed by atoms with Gasteiger partial charge in [-0.2, -0.15) is 16.4 Å². The van der Waals surface area contributed by atoms with Crippen molar-refractivity contribution in [1.29, 1.82) is 0 Å².